The molecule has 6 heteroatoms. The molecular formula is C12H16N2O4. The summed E-state index contributed by atoms with van der Waals surface area (Å²) >= 11 is 0. The van der Waals surface area contributed by atoms with E-state index in [0.29, 0.717) is 0 Å². The van der Waals surface area contributed by atoms with Gasteiger partial charge in [-0.2, -0.15) is 0 Å². The largest absolute Gasteiger partial charge is 0.502 e. The lowest BCUT2D eigenvalue weighted by molar-refractivity contribution is -0.385. The third kappa shape index (κ3) is 3.19. The molecule has 0 atom stereocenters. The van der Waals surface area contributed by atoms with Crippen molar-refractivity contribution >= 4 is 11.6 Å². The predicted molar refractivity (Wildman–Crippen MR) is 66.6 cm³/mol. The van der Waals surface area contributed by atoms with Gasteiger partial charge in [0.25, 0.3) is 5.91 Å². The summed E-state index contributed by atoms with van der Waals surface area (Å²) in [5.41, 5.74) is -0.588. The number of nitro benzene ring substituents is 1. The molecule has 0 aromatic heterocycles. The smallest absolute Gasteiger partial charge is 0.310 e. The number of hydrogen-bond acceptors (Lipinski definition) is 4. The minimum atomic E-state index is -0.701. The molecule has 18 heavy (non-hydrogen) atoms. The third-order valence-corrected chi connectivity index (χ3v) is 2.77. The Hall–Kier alpha value is -2.11. The lowest BCUT2D eigenvalue weighted by Crippen LogP contribution is -2.42. The molecule has 1 rings (SSSR count). The molecule has 0 spiro atoms. The van der Waals surface area contributed by atoms with Crippen LogP contribution in [-0.2, 0) is 0 Å². The maximum atomic E-state index is 11.9. The number of rotatable bonds is 4. The molecular weight excluding hydrogens is 236 g/mol. The van der Waals surface area contributed by atoms with Gasteiger partial charge in [-0.1, -0.05) is 6.92 Å². The summed E-state index contributed by atoms with van der Waals surface area (Å²) in [5, 5.41) is 22.7. The van der Waals surface area contributed by atoms with E-state index in [1.54, 1.807) is 0 Å². The van der Waals surface area contributed by atoms with E-state index in [1.807, 2.05) is 20.8 Å². The predicted octanol–water partition coefficient (Wildman–Crippen LogP) is 2.22. The van der Waals surface area contributed by atoms with Gasteiger partial charge >= 0.3 is 5.69 Å². The maximum absolute atomic E-state index is 11.9. The fourth-order valence-electron chi connectivity index (χ4n) is 1.29. The summed E-state index contributed by atoms with van der Waals surface area (Å²) in [6.07, 6.45) is 0.748. The number of aromatic hydroxyl groups is 1. The molecule has 0 heterocycles. The number of nitrogens with zero attached hydrogens (tertiary/aromatic N) is 1. The Balaban J connectivity index is 2.95. The Morgan fingerprint density at radius 2 is 2.11 bits per heavy atom. The van der Waals surface area contributed by atoms with Gasteiger partial charge in [-0.3, -0.25) is 14.9 Å². The fourth-order valence-corrected chi connectivity index (χ4v) is 1.29. The van der Waals surface area contributed by atoms with Crippen LogP contribution in [0.1, 0.15) is 37.6 Å². The van der Waals surface area contributed by atoms with Crippen molar-refractivity contribution in [3.8, 4) is 5.75 Å². The molecule has 1 aromatic rings. The lowest BCUT2D eigenvalue weighted by Gasteiger charge is -2.24. The zero-order valence-corrected chi connectivity index (χ0v) is 10.6. The molecule has 0 aliphatic carbocycles. The minimum absolute atomic E-state index is 0.194. The second-order valence-corrected chi connectivity index (χ2v) is 4.65. The molecule has 98 valence electrons. The van der Waals surface area contributed by atoms with Crippen LogP contribution < -0.4 is 5.32 Å². The van der Waals surface area contributed by atoms with Crippen molar-refractivity contribution in [3.05, 3.63) is 33.9 Å². The van der Waals surface area contributed by atoms with Gasteiger partial charge in [0, 0.05) is 17.2 Å². The Morgan fingerprint density at radius 1 is 1.50 bits per heavy atom. The van der Waals surface area contributed by atoms with Crippen molar-refractivity contribution in [2.75, 3.05) is 0 Å². The minimum Gasteiger partial charge on any atom is -0.502 e. The molecule has 0 fully saturated rings. The molecule has 0 saturated carbocycles. The molecule has 6 nitrogen and oxygen atoms in total. The van der Waals surface area contributed by atoms with Crippen LogP contribution in [0.25, 0.3) is 0 Å². The normalized spacial score (nSPS) is 11.1. The molecule has 0 unspecified atom stereocenters. The van der Waals surface area contributed by atoms with Crippen LogP contribution in [-0.4, -0.2) is 21.5 Å². The molecule has 1 amide bonds. The number of phenols is 1. The Kier molecular flexibility index (Phi) is 3.90. The summed E-state index contributed by atoms with van der Waals surface area (Å²) in [4.78, 5) is 21.7. The highest BCUT2D eigenvalue weighted by Gasteiger charge is 2.21. The summed E-state index contributed by atoms with van der Waals surface area (Å²) < 4.78 is 0. The van der Waals surface area contributed by atoms with Gasteiger partial charge in [-0.15, -0.1) is 0 Å². The van der Waals surface area contributed by atoms with Crippen molar-refractivity contribution in [2.45, 2.75) is 32.7 Å². The van der Waals surface area contributed by atoms with Crippen molar-refractivity contribution in [1.82, 2.24) is 5.32 Å². The van der Waals surface area contributed by atoms with Gasteiger partial charge in [0.15, 0.2) is 5.75 Å². The molecule has 0 bridgehead atoms. The highest BCUT2D eigenvalue weighted by Crippen LogP contribution is 2.26. The van der Waals surface area contributed by atoms with Crippen LogP contribution in [0.3, 0.4) is 0 Å². The van der Waals surface area contributed by atoms with Crippen LogP contribution in [0, 0.1) is 10.1 Å². The highest BCUT2D eigenvalue weighted by molar-refractivity contribution is 5.95. The summed E-state index contributed by atoms with van der Waals surface area (Å²) in [6, 6.07) is 3.53. The highest BCUT2D eigenvalue weighted by atomic mass is 16.6. The quantitative estimate of drug-likeness (QED) is 0.634. The Morgan fingerprint density at radius 3 is 2.56 bits per heavy atom. The van der Waals surface area contributed by atoms with E-state index in [9.17, 15) is 20.0 Å². The number of phenolic OH excluding ortho intramolecular Hbond substituents is 1. The first-order valence-electron chi connectivity index (χ1n) is 5.57. The summed E-state index contributed by atoms with van der Waals surface area (Å²) in [5.74, 6) is -0.881. The fraction of sp³-hybridized carbons (Fsp3) is 0.417. The number of nitro groups is 1. The Labute approximate surface area is 105 Å². The summed E-state index contributed by atoms with van der Waals surface area (Å²) in [6.45, 7) is 5.68. The van der Waals surface area contributed by atoms with E-state index in [2.05, 4.69) is 5.32 Å². The van der Waals surface area contributed by atoms with Gasteiger partial charge in [-0.05, 0) is 32.4 Å². The SMILES string of the molecule is CCC(C)(C)NC(=O)c1ccc([N+](=O)[O-])c(O)c1. The van der Waals surface area contributed by atoms with E-state index in [1.165, 1.54) is 6.07 Å². The van der Waals surface area contributed by atoms with E-state index in [0.717, 1.165) is 18.6 Å². The lowest BCUT2D eigenvalue weighted by atomic mass is 10.0. The van der Waals surface area contributed by atoms with E-state index in [4.69, 9.17) is 0 Å². The van der Waals surface area contributed by atoms with Gasteiger partial charge in [0.05, 0.1) is 4.92 Å². The van der Waals surface area contributed by atoms with E-state index < -0.39 is 16.4 Å². The molecule has 2 N–H and O–H groups in total. The van der Waals surface area contributed by atoms with Gasteiger partial charge < -0.3 is 10.4 Å². The number of benzene rings is 1. The number of carbonyl (C=O) groups is 1. The van der Waals surface area contributed by atoms with E-state index >= 15 is 0 Å². The zero-order chi connectivity index (χ0) is 13.9. The molecule has 1 aromatic carbocycles. The van der Waals surface area contributed by atoms with Gasteiger partial charge in [0.1, 0.15) is 0 Å². The van der Waals surface area contributed by atoms with Crippen LogP contribution in [0.2, 0.25) is 0 Å². The third-order valence-electron chi connectivity index (χ3n) is 2.77. The van der Waals surface area contributed by atoms with Gasteiger partial charge in [-0.25, -0.2) is 0 Å². The van der Waals surface area contributed by atoms with Crippen molar-refractivity contribution in [3.63, 3.8) is 0 Å². The molecule has 0 aliphatic heterocycles. The standard InChI is InChI=1S/C12H16N2O4/c1-4-12(2,3)13-11(16)8-5-6-9(14(17)18)10(15)7-8/h5-7,15H,4H2,1-3H3,(H,13,16). The second kappa shape index (κ2) is 5.03. The number of nitrogens with one attached hydrogen (secondary N) is 1. The topological polar surface area (TPSA) is 92.5 Å². The van der Waals surface area contributed by atoms with Crippen LogP contribution in [0.4, 0.5) is 5.69 Å². The average molecular weight is 252 g/mol. The first-order chi connectivity index (χ1) is 8.26. The zero-order valence-electron chi connectivity index (χ0n) is 10.6. The first-order valence-corrected chi connectivity index (χ1v) is 5.57. The van der Waals surface area contributed by atoms with Crippen LogP contribution in [0.5, 0.6) is 5.75 Å². The van der Waals surface area contributed by atoms with Crippen molar-refractivity contribution < 1.29 is 14.8 Å². The molecule has 0 aliphatic rings. The van der Waals surface area contributed by atoms with Crippen LogP contribution in [0.15, 0.2) is 18.2 Å². The Bertz CT molecular complexity index is 483. The monoisotopic (exact) mass is 252 g/mol. The van der Waals surface area contributed by atoms with Crippen molar-refractivity contribution in [2.24, 2.45) is 0 Å². The maximum Gasteiger partial charge on any atom is 0.310 e. The molecule has 0 saturated heterocycles. The number of amides is 1. The second-order valence-electron chi connectivity index (χ2n) is 4.65. The van der Waals surface area contributed by atoms with Crippen molar-refractivity contribution in [1.29, 1.82) is 0 Å². The number of carbonyl (C=O) groups excluding carboxylic acids is 1. The average Bonchev–Trinajstić information content (AvgIpc) is 2.27. The van der Waals surface area contributed by atoms with E-state index in [-0.39, 0.29) is 17.0 Å². The van der Waals surface area contributed by atoms with Crippen LogP contribution >= 0.6 is 0 Å². The molecule has 0 radical (unpaired) electrons. The van der Waals surface area contributed by atoms with Gasteiger partial charge in [0.2, 0.25) is 0 Å². The summed E-state index contributed by atoms with van der Waals surface area (Å²) in [7, 11) is 0. The number of hydrogen-bond donors (Lipinski definition) is 2. The first kappa shape index (κ1) is 14.0.